The summed E-state index contributed by atoms with van der Waals surface area (Å²) in [5.74, 6) is -1.11. The van der Waals surface area contributed by atoms with E-state index >= 15 is 0 Å². The van der Waals surface area contributed by atoms with E-state index in [4.69, 9.17) is 23.2 Å². The number of benzene rings is 2. The Hall–Kier alpha value is -2.43. The number of carbonyl (C=O) groups is 1. The smallest absolute Gasteiger partial charge is 0.356 e. The number of carboxylic acid groups (broad SMARTS) is 1. The predicted octanol–water partition coefficient (Wildman–Crippen LogP) is 4.72. The van der Waals surface area contributed by atoms with Gasteiger partial charge in [-0.25, -0.2) is 9.78 Å². The van der Waals surface area contributed by atoms with Gasteiger partial charge in [-0.1, -0.05) is 35.3 Å². The van der Waals surface area contributed by atoms with E-state index in [1.165, 1.54) is 6.20 Å². The molecule has 4 nitrogen and oxygen atoms in total. The van der Waals surface area contributed by atoms with Crippen LogP contribution >= 0.6 is 23.2 Å². The highest BCUT2D eigenvalue weighted by Gasteiger charge is 2.23. The highest BCUT2D eigenvalue weighted by molar-refractivity contribution is 6.31. The molecule has 1 aliphatic carbocycles. The van der Waals surface area contributed by atoms with Crippen molar-refractivity contribution in [3.8, 4) is 22.5 Å². The van der Waals surface area contributed by atoms with E-state index in [1.807, 2.05) is 24.3 Å². The highest BCUT2D eigenvalue weighted by Crippen LogP contribution is 2.39. The number of hydrogen-bond donors (Lipinski definition) is 1. The molecule has 0 fully saturated rings. The summed E-state index contributed by atoms with van der Waals surface area (Å²) in [4.78, 5) is 20.0. The monoisotopic (exact) mass is 356 g/mol. The van der Waals surface area contributed by atoms with Crippen LogP contribution in [0.25, 0.3) is 22.5 Å². The Bertz CT molecular complexity index is 1000. The number of fused-ring (bicyclic) bond motifs is 5. The van der Waals surface area contributed by atoms with Crippen molar-refractivity contribution in [2.24, 2.45) is 0 Å². The summed E-state index contributed by atoms with van der Waals surface area (Å²) in [5, 5.41) is 10.5. The summed E-state index contributed by atoms with van der Waals surface area (Å²) >= 11 is 12.3. The maximum atomic E-state index is 11.3. The lowest BCUT2D eigenvalue weighted by atomic mass is 10.00. The number of hydrogen-bond acceptors (Lipinski definition) is 3. The third-order valence-corrected chi connectivity index (χ3v) is 4.49. The van der Waals surface area contributed by atoms with Gasteiger partial charge in [-0.05, 0) is 41.8 Å². The van der Waals surface area contributed by atoms with Crippen LogP contribution in [0, 0.1) is 0 Å². The first-order valence-electron chi connectivity index (χ1n) is 7.21. The molecule has 3 aromatic rings. The first-order chi connectivity index (χ1) is 11.5. The summed E-state index contributed by atoms with van der Waals surface area (Å²) in [6.07, 6.45) is 1.90. The van der Waals surface area contributed by atoms with Crippen LogP contribution in [0.5, 0.6) is 0 Å². The lowest BCUT2D eigenvalue weighted by Gasteiger charge is -2.09. The van der Waals surface area contributed by atoms with Crippen LogP contribution < -0.4 is 0 Å². The molecule has 1 aromatic heterocycles. The van der Waals surface area contributed by atoms with Crippen LogP contribution in [-0.2, 0) is 6.42 Å². The summed E-state index contributed by atoms with van der Waals surface area (Å²) in [6, 6.07) is 11.1. The van der Waals surface area contributed by atoms with Crippen LogP contribution in [0.3, 0.4) is 0 Å². The van der Waals surface area contributed by atoms with E-state index in [0.29, 0.717) is 27.9 Å². The van der Waals surface area contributed by atoms with Crippen molar-refractivity contribution in [3.05, 3.63) is 69.5 Å². The molecule has 0 radical (unpaired) electrons. The van der Waals surface area contributed by atoms with Crippen molar-refractivity contribution in [2.45, 2.75) is 6.42 Å². The topological polar surface area (TPSA) is 63.1 Å². The number of carboxylic acids is 1. The molecule has 0 atom stereocenters. The van der Waals surface area contributed by atoms with Crippen molar-refractivity contribution in [1.29, 1.82) is 0 Å². The maximum Gasteiger partial charge on any atom is 0.356 e. The fraction of sp³-hybridized carbons (Fsp3) is 0.0556. The Labute approximate surface area is 147 Å². The SMILES string of the molecule is O=C(O)c1cnc2c(n1)-c1ccc(Cl)cc1Cc1cc(Cl)ccc1-2. The second-order valence-electron chi connectivity index (χ2n) is 5.54. The summed E-state index contributed by atoms with van der Waals surface area (Å²) in [6.45, 7) is 0. The average Bonchev–Trinajstić information content (AvgIpc) is 2.67. The molecule has 1 N–H and O–H groups in total. The summed E-state index contributed by atoms with van der Waals surface area (Å²) in [5.41, 5.74) is 4.79. The molecule has 0 unspecified atom stereocenters. The van der Waals surface area contributed by atoms with Gasteiger partial charge in [-0.15, -0.1) is 0 Å². The molecular formula is C18H10Cl2N2O2. The highest BCUT2D eigenvalue weighted by atomic mass is 35.5. The van der Waals surface area contributed by atoms with E-state index < -0.39 is 5.97 Å². The van der Waals surface area contributed by atoms with Gasteiger partial charge in [0.25, 0.3) is 0 Å². The van der Waals surface area contributed by atoms with Gasteiger partial charge in [-0.2, -0.15) is 0 Å². The first-order valence-corrected chi connectivity index (χ1v) is 7.96. The average molecular weight is 357 g/mol. The van der Waals surface area contributed by atoms with Crippen LogP contribution in [0.15, 0.2) is 42.6 Å². The zero-order chi connectivity index (χ0) is 16.8. The molecule has 0 amide bonds. The molecule has 1 heterocycles. The first kappa shape index (κ1) is 15.1. The number of rotatable bonds is 1. The number of nitrogens with zero attached hydrogens (tertiary/aromatic N) is 2. The standard InChI is InChI=1S/C18H10Cl2N2O2/c19-11-1-3-13-9(6-11)5-10-7-12(20)2-4-14(10)17-16(13)21-8-15(22-17)18(23)24/h1-4,6-8H,5H2,(H,23,24). The summed E-state index contributed by atoms with van der Waals surface area (Å²) in [7, 11) is 0. The lowest BCUT2D eigenvalue weighted by Crippen LogP contribution is -2.04. The van der Waals surface area contributed by atoms with Gasteiger partial charge < -0.3 is 5.11 Å². The molecule has 24 heavy (non-hydrogen) atoms. The van der Waals surface area contributed by atoms with E-state index in [0.717, 1.165) is 22.3 Å². The Morgan fingerprint density at radius 3 is 2.12 bits per heavy atom. The van der Waals surface area contributed by atoms with Crippen molar-refractivity contribution in [1.82, 2.24) is 9.97 Å². The molecule has 1 aliphatic rings. The lowest BCUT2D eigenvalue weighted by molar-refractivity contribution is 0.0690. The Morgan fingerprint density at radius 1 is 0.958 bits per heavy atom. The van der Waals surface area contributed by atoms with Gasteiger partial charge in [0, 0.05) is 21.2 Å². The zero-order valence-corrected chi connectivity index (χ0v) is 13.8. The molecule has 0 saturated carbocycles. The van der Waals surface area contributed by atoms with Crippen LogP contribution in [-0.4, -0.2) is 21.0 Å². The minimum absolute atomic E-state index is 0.0907. The van der Waals surface area contributed by atoms with E-state index in [-0.39, 0.29) is 5.69 Å². The van der Waals surface area contributed by atoms with E-state index in [2.05, 4.69) is 9.97 Å². The van der Waals surface area contributed by atoms with E-state index in [9.17, 15) is 9.90 Å². The number of halogens is 2. The molecule has 6 heteroatoms. The molecule has 0 bridgehead atoms. The molecule has 0 aliphatic heterocycles. The second-order valence-corrected chi connectivity index (χ2v) is 6.41. The normalized spacial score (nSPS) is 11.9. The third kappa shape index (κ3) is 2.44. The fourth-order valence-electron chi connectivity index (χ4n) is 2.96. The second kappa shape index (κ2) is 5.58. The van der Waals surface area contributed by atoms with Gasteiger partial charge in [0.1, 0.15) is 0 Å². The molecule has 0 spiro atoms. The van der Waals surface area contributed by atoms with Crippen molar-refractivity contribution >= 4 is 29.2 Å². The van der Waals surface area contributed by atoms with Crippen LogP contribution in [0.4, 0.5) is 0 Å². The van der Waals surface area contributed by atoms with Gasteiger partial charge in [-0.3, -0.25) is 4.98 Å². The van der Waals surface area contributed by atoms with Crippen LogP contribution in [0.1, 0.15) is 21.6 Å². The van der Waals surface area contributed by atoms with Crippen LogP contribution in [0.2, 0.25) is 10.0 Å². The van der Waals surface area contributed by atoms with Gasteiger partial charge in [0.05, 0.1) is 17.6 Å². The predicted molar refractivity (Wildman–Crippen MR) is 92.7 cm³/mol. The van der Waals surface area contributed by atoms with Crippen molar-refractivity contribution in [3.63, 3.8) is 0 Å². The van der Waals surface area contributed by atoms with Crippen molar-refractivity contribution in [2.75, 3.05) is 0 Å². The minimum Gasteiger partial charge on any atom is -0.476 e. The molecule has 118 valence electrons. The quantitative estimate of drug-likeness (QED) is 0.535. The molecular weight excluding hydrogens is 347 g/mol. The molecule has 4 rings (SSSR count). The molecule has 2 aromatic carbocycles. The van der Waals surface area contributed by atoms with Crippen molar-refractivity contribution < 1.29 is 9.90 Å². The van der Waals surface area contributed by atoms with Gasteiger partial charge in [0.15, 0.2) is 5.69 Å². The number of aromatic nitrogens is 2. The van der Waals surface area contributed by atoms with E-state index in [1.54, 1.807) is 12.1 Å². The van der Waals surface area contributed by atoms with Gasteiger partial charge in [0.2, 0.25) is 0 Å². The minimum atomic E-state index is -1.11. The Balaban J connectivity index is 2.09. The third-order valence-electron chi connectivity index (χ3n) is 4.02. The maximum absolute atomic E-state index is 11.3. The Morgan fingerprint density at radius 2 is 1.54 bits per heavy atom. The fourth-order valence-corrected chi connectivity index (χ4v) is 3.35. The largest absolute Gasteiger partial charge is 0.476 e. The van der Waals surface area contributed by atoms with Gasteiger partial charge >= 0.3 is 5.97 Å². The summed E-state index contributed by atoms with van der Waals surface area (Å²) < 4.78 is 0. The zero-order valence-electron chi connectivity index (χ0n) is 12.3. The number of aromatic carboxylic acids is 1. The molecule has 0 saturated heterocycles. The Kier molecular flexibility index (Phi) is 3.52.